The molecule has 2 aromatic rings. The molecule has 0 fully saturated rings. The van der Waals surface area contributed by atoms with Gasteiger partial charge in [-0.3, -0.25) is 0 Å². The Morgan fingerprint density at radius 1 is 1.22 bits per heavy atom. The molecule has 1 aromatic carbocycles. The van der Waals surface area contributed by atoms with Gasteiger partial charge in [0.15, 0.2) is 0 Å². The molecular formula is C14H11FN2O. The summed E-state index contributed by atoms with van der Waals surface area (Å²) in [6.45, 7) is 0. The fourth-order valence-corrected chi connectivity index (χ4v) is 1.65. The third-order valence-corrected chi connectivity index (χ3v) is 2.59. The third-order valence-electron chi connectivity index (χ3n) is 2.59. The maximum Gasteiger partial charge on any atom is 0.213 e. The van der Waals surface area contributed by atoms with Crippen molar-refractivity contribution in [3.63, 3.8) is 0 Å². The molecule has 3 nitrogen and oxygen atoms in total. The van der Waals surface area contributed by atoms with Crippen LogP contribution in [0.5, 0.6) is 5.75 Å². The smallest absolute Gasteiger partial charge is 0.213 e. The van der Waals surface area contributed by atoms with E-state index in [2.05, 4.69) is 4.98 Å². The molecule has 90 valence electrons. The average molecular weight is 242 g/mol. The van der Waals surface area contributed by atoms with Gasteiger partial charge in [0.2, 0.25) is 5.95 Å². The SMILES string of the molecule is COc1ccc(Cc2nc(F)ccc2C#N)cc1. The van der Waals surface area contributed by atoms with E-state index >= 15 is 0 Å². The van der Waals surface area contributed by atoms with Crippen LogP contribution in [-0.2, 0) is 6.42 Å². The van der Waals surface area contributed by atoms with E-state index in [0.717, 1.165) is 11.3 Å². The number of nitrogens with zero attached hydrogens (tertiary/aromatic N) is 2. The number of aromatic nitrogens is 1. The highest BCUT2D eigenvalue weighted by atomic mass is 19.1. The Bertz CT molecular complexity index is 588. The zero-order valence-electron chi connectivity index (χ0n) is 9.85. The van der Waals surface area contributed by atoms with E-state index in [1.165, 1.54) is 12.1 Å². The summed E-state index contributed by atoms with van der Waals surface area (Å²) in [6.07, 6.45) is 0.421. The van der Waals surface area contributed by atoms with Crippen molar-refractivity contribution in [2.75, 3.05) is 7.11 Å². The third kappa shape index (κ3) is 2.64. The molecule has 0 aliphatic carbocycles. The summed E-state index contributed by atoms with van der Waals surface area (Å²) in [5.41, 5.74) is 1.79. The lowest BCUT2D eigenvalue weighted by Crippen LogP contribution is -1.98. The number of methoxy groups -OCH3 is 1. The molecular weight excluding hydrogens is 231 g/mol. The molecule has 0 N–H and O–H groups in total. The summed E-state index contributed by atoms with van der Waals surface area (Å²) in [6, 6.07) is 12.0. The molecule has 1 heterocycles. The van der Waals surface area contributed by atoms with Crippen LogP contribution >= 0.6 is 0 Å². The van der Waals surface area contributed by atoms with Gasteiger partial charge in [-0.05, 0) is 29.8 Å². The normalized spacial score (nSPS) is 9.83. The molecule has 4 heteroatoms. The van der Waals surface area contributed by atoms with Crippen molar-refractivity contribution in [2.45, 2.75) is 6.42 Å². The summed E-state index contributed by atoms with van der Waals surface area (Å²) < 4.78 is 18.1. The average Bonchev–Trinajstić information content (AvgIpc) is 2.40. The molecule has 0 saturated carbocycles. The Morgan fingerprint density at radius 2 is 1.94 bits per heavy atom. The van der Waals surface area contributed by atoms with E-state index in [-0.39, 0.29) is 0 Å². The molecule has 1 aromatic heterocycles. The van der Waals surface area contributed by atoms with E-state index < -0.39 is 5.95 Å². The second kappa shape index (κ2) is 5.28. The molecule has 0 aliphatic heterocycles. The van der Waals surface area contributed by atoms with Crippen LogP contribution in [0, 0.1) is 17.3 Å². The highest BCUT2D eigenvalue weighted by Crippen LogP contribution is 2.16. The summed E-state index contributed by atoms with van der Waals surface area (Å²) in [4.78, 5) is 3.76. The van der Waals surface area contributed by atoms with Crippen LogP contribution in [0.2, 0.25) is 0 Å². The number of rotatable bonds is 3. The molecule has 0 bridgehead atoms. The lowest BCUT2D eigenvalue weighted by Gasteiger charge is -2.05. The Labute approximate surface area is 104 Å². The van der Waals surface area contributed by atoms with E-state index in [1.807, 2.05) is 30.3 Å². The number of pyridine rings is 1. The number of benzene rings is 1. The van der Waals surface area contributed by atoms with Gasteiger partial charge in [-0.1, -0.05) is 12.1 Å². The molecule has 0 radical (unpaired) electrons. The van der Waals surface area contributed by atoms with Gasteiger partial charge in [-0.15, -0.1) is 0 Å². The van der Waals surface area contributed by atoms with Gasteiger partial charge >= 0.3 is 0 Å². The van der Waals surface area contributed by atoms with E-state index in [4.69, 9.17) is 10.00 Å². The van der Waals surface area contributed by atoms with Crippen molar-refractivity contribution in [1.29, 1.82) is 5.26 Å². The second-order valence-electron chi connectivity index (χ2n) is 3.76. The van der Waals surface area contributed by atoms with Crippen molar-refractivity contribution in [2.24, 2.45) is 0 Å². The molecule has 0 saturated heterocycles. The molecule has 0 spiro atoms. The van der Waals surface area contributed by atoms with Crippen molar-refractivity contribution in [3.05, 3.63) is 59.2 Å². The number of hydrogen-bond acceptors (Lipinski definition) is 3. The fourth-order valence-electron chi connectivity index (χ4n) is 1.65. The van der Waals surface area contributed by atoms with Crippen LogP contribution in [0.25, 0.3) is 0 Å². The summed E-state index contributed by atoms with van der Waals surface area (Å²) in [5, 5.41) is 8.94. The van der Waals surface area contributed by atoms with Gasteiger partial charge < -0.3 is 4.74 Å². The van der Waals surface area contributed by atoms with Gasteiger partial charge in [-0.2, -0.15) is 9.65 Å². The van der Waals surface area contributed by atoms with E-state index in [9.17, 15) is 4.39 Å². The Morgan fingerprint density at radius 3 is 2.56 bits per heavy atom. The van der Waals surface area contributed by atoms with Crippen LogP contribution in [0.4, 0.5) is 4.39 Å². The van der Waals surface area contributed by atoms with E-state index in [1.54, 1.807) is 7.11 Å². The van der Waals surface area contributed by atoms with Crippen molar-refractivity contribution in [3.8, 4) is 11.8 Å². The van der Waals surface area contributed by atoms with Gasteiger partial charge in [-0.25, -0.2) is 4.98 Å². The first-order chi connectivity index (χ1) is 8.72. The van der Waals surface area contributed by atoms with Crippen molar-refractivity contribution >= 4 is 0 Å². The van der Waals surface area contributed by atoms with Gasteiger partial charge in [0.1, 0.15) is 11.8 Å². The minimum Gasteiger partial charge on any atom is -0.497 e. The van der Waals surface area contributed by atoms with E-state index in [0.29, 0.717) is 17.7 Å². The minimum atomic E-state index is -0.572. The minimum absolute atomic E-state index is 0.396. The number of hydrogen-bond donors (Lipinski definition) is 0. The highest BCUT2D eigenvalue weighted by molar-refractivity contribution is 5.37. The zero-order valence-corrected chi connectivity index (χ0v) is 9.85. The van der Waals surface area contributed by atoms with Gasteiger partial charge in [0, 0.05) is 6.42 Å². The monoisotopic (exact) mass is 242 g/mol. The Hall–Kier alpha value is -2.41. The fraction of sp³-hybridized carbons (Fsp3) is 0.143. The van der Waals surface area contributed by atoms with Crippen LogP contribution in [0.3, 0.4) is 0 Å². The lowest BCUT2D eigenvalue weighted by atomic mass is 10.1. The molecule has 0 aliphatic rings. The topological polar surface area (TPSA) is 45.9 Å². The van der Waals surface area contributed by atoms with Crippen molar-refractivity contribution in [1.82, 2.24) is 4.98 Å². The Balaban J connectivity index is 2.27. The first-order valence-electron chi connectivity index (χ1n) is 5.41. The predicted molar refractivity (Wildman–Crippen MR) is 64.7 cm³/mol. The molecule has 0 unspecified atom stereocenters. The molecule has 18 heavy (non-hydrogen) atoms. The number of nitriles is 1. The van der Waals surface area contributed by atoms with Crippen LogP contribution < -0.4 is 4.74 Å². The van der Waals surface area contributed by atoms with Gasteiger partial charge in [0.25, 0.3) is 0 Å². The van der Waals surface area contributed by atoms with Crippen LogP contribution in [0.15, 0.2) is 36.4 Å². The molecule has 2 rings (SSSR count). The second-order valence-corrected chi connectivity index (χ2v) is 3.76. The summed E-state index contributed by atoms with van der Waals surface area (Å²) in [7, 11) is 1.59. The Kier molecular flexibility index (Phi) is 3.54. The van der Waals surface area contributed by atoms with Crippen molar-refractivity contribution < 1.29 is 9.13 Å². The summed E-state index contributed by atoms with van der Waals surface area (Å²) in [5.74, 6) is 0.184. The van der Waals surface area contributed by atoms with Crippen LogP contribution in [-0.4, -0.2) is 12.1 Å². The molecule has 0 atom stereocenters. The number of halogens is 1. The largest absolute Gasteiger partial charge is 0.497 e. The lowest BCUT2D eigenvalue weighted by molar-refractivity contribution is 0.414. The standard InChI is InChI=1S/C14H11FN2O/c1-18-12-5-2-10(3-6-12)8-13-11(9-16)4-7-14(15)17-13/h2-7H,8H2,1H3. The summed E-state index contributed by atoms with van der Waals surface area (Å²) >= 11 is 0. The first kappa shape index (κ1) is 12.1. The molecule has 0 amide bonds. The first-order valence-corrected chi connectivity index (χ1v) is 5.41. The van der Waals surface area contributed by atoms with Gasteiger partial charge in [0.05, 0.1) is 18.4 Å². The maximum atomic E-state index is 13.1. The number of ether oxygens (including phenoxy) is 1. The highest BCUT2D eigenvalue weighted by Gasteiger charge is 2.06. The maximum absolute atomic E-state index is 13.1. The predicted octanol–water partition coefficient (Wildman–Crippen LogP) is 2.69. The van der Waals surface area contributed by atoms with Crippen LogP contribution in [0.1, 0.15) is 16.8 Å². The quantitative estimate of drug-likeness (QED) is 0.777. The zero-order chi connectivity index (χ0) is 13.0.